The van der Waals surface area contributed by atoms with E-state index in [1.165, 1.54) is 6.07 Å². The van der Waals surface area contributed by atoms with E-state index < -0.39 is 4.92 Å². The second-order valence-corrected chi connectivity index (χ2v) is 3.62. The highest BCUT2D eigenvalue weighted by molar-refractivity contribution is 6.08. The minimum absolute atomic E-state index is 0.00759. The molecule has 0 amide bonds. The average Bonchev–Trinajstić information content (AvgIpc) is 2.37. The Hall–Kier alpha value is -2.56. The molecule has 2 aromatic heterocycles. The van der Waals surface area contributed by atoms with E-state index in [-0.39, 0.29) is 5.69 Å². The third-order valence-corrected chi connectivity index (χ3v) is 2.65. The van der Waals surface area contributed by atoms with Crippen LogP contribution in [0.15, 0.2) is 42.7 Å². The summed E-state index contributed by atoms with van der Waals surface area (Å²) < 4.78 is 0. The molecule has 0 radical (unpaired) electrons. The van der Waals surface area contributed by atoms with Crippen LogP contribution in [0.2, 0.25) is 0 Å². The van der Waals surface area contributed by atoms with E-state index in [2.05, 4.69) is 9.97 Å². The molecular formula is C12H7N3O2. The van der Waals surface area contributed by atoms with Gasteiger partial charge in [-0.05, 0) is 12.1 Å². The predicted octanol–water partition coefficient (Wildman–Crippen LogP) is 2.69. The standard InChI is InChI=1S/C12H7N3O2/c16-15(17)11-7-10-8(3-1-5-13-10)9-4-2-6-14-12(9)11/h1-7H. The number of nitrogens with zero attached hydrogens (tertiary/aromatic N) is 3. The molecule has 2 heterocycles. The van der Waals surface area contributed by atoms with Gasteiger partial charge in [0, 0.05) is 29.2 Å². The van der Waals surface area contributed by atoms with Crippen molar-refractivity contribution in [2.45, 2.75) is 0 Å². The van der Waals surface area contributed by atoms with E-state index in [0.717, 1.165) is 10.8 Å². The number of fused-ring (bicyclic) bond motifs is 3. The van der Waals surface area contributed by atoms with E-state index in [1.807, 2.05) is 12.1 Å². The van der Waals surface area contributed by atoms with Crippen molar-refractivity contribution in [3.63, 3.8) is 0 Å². The Balaban J connectivity index is 2.59. The van der Waals surface area contributed by atoms with Crippen LogP contribution in [0.5, 0.6) is 0 Å². The molecule has 0 unspecified atom stereocenters. The maximum Gasteiger partial charge on any atom is 0.297 e. The smallest absolute Gasteiger partial charge is 0.258 e. The highest BCUT2D eigenvalue weighted by Gasteiger charge is 2.16. The van der Waals surface area contributed by atoms with Gasteiger partial charge in [-0.1, -0.05) is 12.1 Å². The van der Waals surface area contributed by atoms with Crippen molar-refractivity contribution >= 4 is 27.5 Å². The molecule has 0 aliphatic rings. The first-order valence-electron chi connectivity index (χ1n) is 5.04. The lowest BCUT2D eigenvalue weighted by Crippen LogP contribution is -1.93. The number of nitro groups is 1. The zero-order valence-electron chi connectivity index (χ0n) is 8.70. The summed E-state index contributed by atoms with van der Waals surface area (Å²) in [7, 11) is 0. The molecule has 0 bridgehead atoms. The van der Waals surface area contributed by atoms with Gasteiger partial charge < -0.3 is 0 Å². The number of rotatable bonds is 1. The molecule has 0 spiro atoms. The molecule has 0 N–H and O–H groups in total. The first-order chi connectivity index (χ1) is 8.27. The van der Waals surface area contributed by atoms with Crippen LogP contribution in [0.25, 0.3) is 21.8 Å². The van der Waals surface area contributed by atoms with E-state index in [9.17, 15) is 10.1 Å². The first-order valence-corrected chi connectivity index (χ1v) is 5.04. The summed E-state index contributed by atoms with van der Waals surface area (Å²) in [5.74, 6) is 0. The molecule has 82 valence electrons. The summed E-state index contributed by atoms with van der Waals surface area (Å²) in [4.78, 5) is 18.8. The van der Waals surface area contributed by atoms with Gasteiger partial charge in [-0.2, -0.15) is 0 Å². The van der Waals surface area contributed by atoms with Crippen molar-refractivity contribution in [1.82, 2.24) is 9.97 Å². The number of aromatic nitrogens is 2. The molecule has 0 fully saturated rings. The lowest BCUT2D eigenvalue weighted by molar-refractivity contribution is -0.383. The van der Waals surface area contributed by atoms with E-state index in [0.29, 0.717) is 11.0 Å². The Morgan fingerprint density at radius 1 is 1.06 bits per heavy atom. The maximum atomic E-state index is 11.0. The largest absolute Gasteiger partial charge is 0.297 e. The van der Waals surface area contributed by atoms with Gasteiger partial charge in [0.25, 0.3) is 5.69 Å². The number of hydrogen-bond acceptors (Lipinski definition) is 4. The molecule has 0 saturated carbocycles. The topological polar surface area (TPSA) is 68.9 Å². The summed E-state index contributed by atoms with van der Waals surface area (Å²) in [6.45, 7) is 0. The van der Waals surface area contributed by atoms with E-state index in [4.69, 9.17) is 0 Å². The van der Waals surface area contributed by atoms with Crippen LogP contribution in [0.4, 0.5) is 5.69 Å². The molecule has 17 heavy (non-hydrogen) atoms. The molecule has 0 aliphatic carbocycles. The van der Waals surface area contributed by atoms with Crippen LogP contribution < -0.4 is 0 Å². The lowest BCUT2D eigenvalue weighted by atomic mass is 10.1. The molecule has 5 heteroatoms. The quantitative estimate of drug-likeness (QED) is 0.362. The minimum Gasteiger partial charge on any atom is -0.258 e. The van der Waals surface area contributed by atoms with Gasteiger partial charge in [0.2, 0.25) is 0 Å². The number of benzene rings is 1. The van der Waals surface area contributed by atoms with Crippen LogP contribution in [-0.4, -0.2) is 14.9 Å². The van der Waals surface area contributed by atoms with Crippen molar-refractivity contribution in [2.75, 3.05) is 0 Å². The highest BCUT2D eigenvalue weighted by atomic mass is 16.6. The van der Waals surface area contributed by atoms with Gasteiger partial charge in [-0.3, -0.25) is 15.1 Å². The molecule has 3 aromatic rings. The van der Waals surface area contributed by atoms with Crippen molar-refractivity contribution < 1.29 is 4.92 Å². The Morgan fingerprint density at radius 3 is 2.53 bits per heavy atom. The third kappa shape index (κ3) is 1.40. The van der Waals surface area contributed by atoms with Gasteiger partial charge in [0.15, 0.2) is 0 Å². The van der Waals surface area contributed by atoms with Crippen LogP contribution in [0.3, 0.4) is 0 Å². The summed E-state index contributed by atoms with van der Waals surface area (Å²) in [6.07, 6.45) is 3.17. The predicted molar refractivity (Wildman–Crippen MR) is 63.7 cm³/mol. The van der Waals surface area contributed by atoms with Crippen LogP contribution in [0, 0.1) is 10.1 Å². The summed E-state index contributed by atoms with van der Waals surface area (Å²) in [6, 6.07) is 8.74. The molecule has 0 aliphatic heterocycles. The molecular weight excluding hydrogens is 218 g/mol. The maximum absolute atomic E-state index is 11.0. The lowest BCUT2D eigenvalue weighted by Gasteiger charge is -2.02. The normalized spacial score (nSPS) is 10.8. The Labute approximate surface area is 95.9 Å². The van der Waals surface area contributed by atoms with E-state index >= 15 is 0 Å². The fourth-order valence-corrected chi connectivity index (χ4v) is 1.92. The fourth-order valence-electron chi connectivity index (χ4n) is 1.92. The van der Waals surface area contributed by atoms with Crippen LogP contribution in [0.1, 0.15) is 0 Å². The van der Waals surface area contributed by atoms with Gasteiger partial charge in [0.05, 0.1) is 10.4 Å². The average molecular weight is 225 g/mol. The Kier molecular flexibility index (Phi) is 1.98. The van der Waals surface area contributed by atoms with Gasteiger partial charge in [-0.15, -0.1) is 0 Å². The van der Waals surface area contributed by atoms with Crippen LogP contribution >= 0.6 is 0 Å². The van der Waals surface area contributed by atoms with Gasteiger partial charge in [0.1, 0.15) is 5.52 Å². The zero-order chi connectivity index (χ0) is 11.8. The minimum atomic E-state index is -0.427. The molecule has 0 saturated heterocycles. The second-order valence-electron chi connectivity index (χ2n) is 3.62. The first kappa shape index (κ1) is 9.65. The number of hydrogen-bond donors (Lipinski definition) is 0. The summed E-state index contributed by atoms with van der Waals surface area (Å²) >= 11 is 0. The van der Waals surface area contributed by atoms with Crippen molar-refractivity contribution in [3.05, 3.63) is 52.8 Å². The highest BCUT2D eigenvalue weighted by Crippen LogP contribution is 2.30. The van der Waals surface area contributed by atoms with Crippen molar-refractivity contribution in [1.29, 1.82) is 0 Å². The number of pyridine rings is 2. The number of nitro benzene ring substituents is 1. The Bertz CT molecular complexity index is 740. The molecule has 3 rings (SSSR count). The third-order valence-electron chi connectivity index (χ3n) is 2.65. The molecule has 5 nitrogen and oxygen atoms in total. The van der Waals surface area contributed by atoms with Crippen molar-refractivity contribution in [2.24, 2.45) is 0 Å². The Morgan fingerprint density at radius 2 is 1.76 bits per heavy atom. The van der Waals surface area contributed by atoms with Gasteiger partial charge in [-0.25, -0.2) is 4.98 Å². The summed E-state index contributed by atoms with van der Waals surface area (Å²) in [5, 5.41) is 12.6. The second kappa shape index (κ2) is 3.48. The monoisotopic (exact) mass is 225 g/mol. The number of non-ortho nitro benzene ring substituents is 1. The summed E-state index contributed by atoms with van der Waals surface area (Å²) in [5.41, 5.74) is 1.00. The molecule has 1 aromatic carbocycles. The fraction of sp³-hybridized carbons (Fsp3) is 0. The SMILES string of the molecule is O=[N+]([O-])c1cc2ncccc2c2cccnc12. The van der Waals surface area contributed by atoms with E-state index in [1.54, 1.807) is 24.5 Å². The van der Waals surface area contributed by atoms with Crippen LogP contribution in [-0.2, 0) is 0 Å². The van der Waals surface area contributed by atoms with Crippen molar-refractivity contribution in [3.8, 4) is 0 Å². The van der Waals surface area contributed by atoms with Gasteiger partial charge >= 0.3 is 0 Å². The zero-order valence-corrected chi connectivity index (χ0v) is 8.70. The molecule has 0 atom stereocenters.